The van der Waals surface area contributed by atoms with Crippen molar-refractivity contribution in [2.75, 3.05) is 19.8 Å². The maximum atomic E-state index is 14.5. The summed E-state index contributed by atoms with van der Waals surface area (Å²) in [7, 11) is 0. The van der Waals surface area contributed by atoms with Crippen molar-refractivity contribution >= 4 is 29.5 Å². The van der Waals surface area contributed by atoms with Crippen molar-refractivity contribution < 1.29 is 24.2 Å². The third-order valence-corrected chi connectivity index (χ3v) is 10.4. The van der Waals surface area contributed by atoms with E-state index in [0.717, 1.165) is 18.4 Å². The Balaban J connectivity index is 1.64. The number of carbonyl (C=O) groups is 3. The Morgan fingerprint density at radius 2 is 1.87 bits per heavy atom. The van der Waals surface area contributed by atoms with E-state index in [-0.39, 0.29) is 37.0 Å². The van der Waals surface area contributed by atoms with Crippen molar-refractivity contribution in [3.63, 3.8) is 0 Å². The molecule has 4 aliphatic heterocycles. The molecule has 7 nitrogen and oxygen atoms in total. The van der Waals surface area contributed by atoms with Crippen molar-refractivity contribution in [2.24, 2.45) is 11.8 Å². The largest absolute Gasteiger partial charge is 0.465 e. The lowest BCUT2D eigenvalue weighted by atomic mass is 9.74. The highest BCUT2D eigenvalue weighted by molar-refractivity contribution is 8.02. The van der Waals surface area contributed by atoms with Gasteiger partial charge in [-0.15, -0.1) is 11.8 Å². The van der Waals surface area contributed by atoms with Gasteiger partial charge < -0.3 is 19.6 Å². The summed E-state index contributed by atoms with van der Waals surface area (Å²) < 4.78 is 3.99. The normalized spacial score (nSPS) is 34.1. The molecule has 8 heteroatoms. The molecule has 1 spiro atoms. The van der Waals surface area contributed by atoms with Gasteiger partial charge in [0.25, 0.3) is 0 Å². The number of nitrogens with zero attached hydrogens (tertiary/aromatic N) is 2. The van der Waals surface area contributed by atoms with Gasteiger partial charge in [0.2, 0.25) is 11.8 Å². The fourth-order valence-corrected chi connectivity index (χ4v) is 9.08. The van der Waals surface area contributed by atoms with Crippen LogP contribution in [-0.4, -0.2) is 80.1 Å². The molecule has 2 unspecified atom stereocenters. The van der Waals surface area contributed by atoms with E-state index in [1.54, 1.807) is 16.7 Å². The molecule has 4 heterocycles. The average Bonchev–Trinajstić information content (AvgIpc) is 3.22. The smallest absolute Gasteiger partial charge is 0.311 e. The summed E-state index contributed by atoms with van der Waals surface area (Å²) >= 11 is 1.55. The molecule has 0 aliphatic carbocycles. The fraction of sp³-hybridized carbons (Fsp3) is 0.567. The summed E-state index contributed by atoms with van der Waals surface area (Å²) in [6, 6.07) is 8.30. The molecule has 4 aliphatic rings. The van der Waals surface area contributed by atoms with E-state index in [4.69, 9.17) is 4.74 Å². The van der Waals surface area contributed by atoms with E-state index < -0.39 is 33.4 Å². The quantitative estimate of drug-likeness (QED) is 0.423. The second-order valence-corrected chi connectivity index (χ2v) is 12.9. The zero-order valence-corrected chi connectivity index (χ0v) is 23.2. The fourth-order valence-electron chi connectivity index (χ4n) is 6.95. The van der Waals surface area contributed by atoms with Gasteiger partial charge >= 0.3 is 5.97 Å². The summed E-state index contributed by atoms with van der Waals surface area (Å²) in [5, 5.41) is 10.6. The summed E-state index contributed by atoms with van der Waals surface area (Å²) in [6.07, 6.45) is 10.9. The number of aliphatic hydroxyl groups is 1. The standard InChI is InChI=1S/C30H38N2O5S/c1-4-11-20(2)31-16-10-15-30-23(24-28(36)37-17-9-8-14-29(24,3)38-30)26(34)32(25(30)27(31)35)22(19-33)18-21-12-6-5-7-13-21/h5-8,10,12-15,20,22-25,33H,4,9,11,16-19H2,1-3H3/t20?,22-,23+,24+,25?,29-,30+/m1/s1. The molecule has 7 atom stereocenters. The van der Waals surface area contributed by atoms with Crippen molar-refractivity contribution in [1.82, 2.24) is 9.80 Å². The summed E-state index contributed by atoms with van der Waals surface area (Å²) in [5.74, 6) is -2.23. The first-order valence-corrected chi connectivity index (χ1v) is 14.6. The SMILES string of the molecule is CCCC(C)N1CC=C[C@]23S[C@]4(C)C=CCCOC(=O)[C@@H]4[C@H]2C(=O)N([C@@H](CO)Cc2ccccc2)C3C1=O. The first-order chi connectivity index (χ1) is 18.3. The third-order valence-electron chi connectivity index (χ3n) is 8.65. The van der Waals surface area contributed by atoms with Crippen LogP contribution in [0.1, 0.15) is 45.6 Å². The van der Waals surface area contributed by atoms with E-state index >= 15 is 0 Å². The van der Waals surface area contributed by atoms with Gasteiger partial charge in [0.1, 0.15) is 6.04 Å². The Morgan fingerprint density at radius 3 is 2.58 bits per heavy atom. The van der Waals surface area contributed by atoms with Crippen LogP contribution in [-0.2, 0) is 25.5 Å². The summed E-state index contributed by atoms with van der Waals surface area (Å²) in [6.45, 7) is 6.59. The van der Waals surface area contributed by atoms with E-state index in [1.807, 2.05) is 66.5 Å². The molecule has 5 rings (SSSR count). The minimum absolute atomic E-state index is 0.00512. The highest BCUT2D eigenvalue weighted by atomic mass is 32.2. The number of hydrogen-bond donors (Lipinski definition) is 1. The highest BCUT2D eigenvalue weighted by Crippen LogP contribution is 2.65. The van der Waals surface area contributed by atoms with Gasteiger partial charge in [-0.1, -0.05) is 68.0 Å². The number of hydrogen-bond acceptors (Lipinski definition) is 6. The Bertz CT molecular complexity index is 1140. The molecule has 0 saturated carbocycles. The Kier molecular flexibility index (Phi) is 7.48. The lowest BCUT2D eigenvalue weighted by Gasteiger charge is -2.41. The number of rotatable bonds is 7. The number of thioether (sulfide) groups is 1. The lowest BCUT2D eigenvalue weighted by Crippen LogP contribution is -2.58. The van der Waals surface area contributed by atoms with Crippen LogP contribution in [0.2, 0.25) is 0 Å². The molecule has 1 aromatic carbocycles. The van der Waals surface area contributed by atoms with Crippen LogP contribution in [0.3, 0.4) is 0 Å². The molecule has 0 radical (unpaired) electrons. The number of aliphatic hydroxyl groups excluding tert-OH is 1. The van der Waals surface area contributed by atoms with Crippen LogP contribution in [0.15, 0.2) is 54.6 Å². The molecule has 0 aromatic heterocycles. The van der Waals surface area contributed by atoms with Crippen molar-refractivity contribution in [1.29, 1.82) is 0 Å². The molecule has 2 fully saturated rings. The van der Waals surface area contributed by atoms with E-state index in [1.165, 1.54) is 0 Å². The van der Waals surface area contributed by atoms with Crippen LogP contribution in [0, 0.1) is 11.8 Å². The molecule has 2 amide bonds. The van der Waals surface area contributed by atoms with Gasteiger partial charge in [-0.2, -0.15) is 0 Å². The van der Waals surface area contributed by atoms with E-state index in [2.05, 4.69) is 13.8 Å². The number of fused-ring (bicyclic) bond motifs is 2. The molecule has 2 saturated heterocycles. The van der Waals surface area contributed by atoms with Gasteiger partial charge in [0, 0.05) is 17.3 Å². The number of cyclic esters (lactones) is 1. The maximum absolute atomic E-state index is 14.5. The molecule has 1 aromatic rings. The monoisotopic (exact) mass is 538 g/mol. The second kappa shape index (κ2) is 10.5. The predicted molar refractivity (Wildman–Crippen MR) is 147 cm³/mol. The first kappa shape index (κ1) is 27.0. The molecular weight excluding hydrogens is 500 g/mol. The highest BCUT2D eigenvalue weighted by Gasteiger charge is 2.74. The third kappa shape index (κ3) is 4.30. The Labute approximate surface area is 229 Å². The minimum atomic E-state index is -0.938. The zero-order valence-electron chi connectivity index (χ0n) is 22.4. The predicted octanol–water partition coefficient (Wildman–Crippen LogP) is 3.37. The molecule has 1 N–H and O–H groups in total. The van der Waals surface area contributed by atoms with Gasteiger partial charge in [-0.3, -0.25) is 14.4 Å². The van der Waals surface area contributed by atoms with Crippen LogP contribution in [0.5, 0.6) is 0 Å². The molecule has 0 bridgehead atoms. The van der Waals surface area contributed by atoms with Crippen LogP contribution >= 0.6 is 11.8 Å². The molecular formula is C30H38N2O5S. The topological polar surface area (TPSA) is 87.2 Å². The molecule has 38 heavy (non-hydrogen) atoms. The van der Waals surface area contributed by atoms with Gasteiger partial charge in [0.05, 0.1) is 35.8 Å². The van der Waals surface area contributed by atoms with Crippen LogP contribution < -0.4 is 0 Å². The Hall–Kier alpha value is -2.58. The van der Waals surface area contributed by atoms with Gasteiger partial charge in [0.15, 0.2) is 0 Å². The number of carbonyl (C=O) groups excluding carboxylic acids is 3. The minimum Gasteiger partial charge on any atom is -0.465 e. The number of esters is 1. The van der Waals surface area contributed by atoms with Crippen molar-refractivity contribution in [2.45, 2.75) is 74.1 Å². The van der Waals surface area contributed by atoms with E-state index in [0.29, 0.717) is 19.4 Å². The van der Waals surface area contributed by atoms with Gasteiger partial charge in [-0.05, 0) is 38.7 Å². The first-order valence-electron chi connectivity index (χ1n) is 13.8. The van der Waals surface area contributed by atoms with Crippen LogP contribution in [0.25, 0.3) is 0 Å². The van der Waals surface area contributed by atoms with Crippen LogP contribution in [0.4, 0.5) is 0 Å². The van der Waals surface area contributed by atoms with E-state index in [9.17, 15) is 19.5 Å². The van der Waals surface area contributed by atoms with Crippen molar-refractivity contribution in [3.05, 3.63) is 60.2 Å². The van der Waals surface area contributed by atoms with Gasteiger partial charge in [-0.25, -0.2) is 0 Å². The number of benzene rings is 1. The van der Waals surface area contributed by atoms with Crippen molar-refractivity contribution in [3.8, 4) is 0 Å². The zero-order chi connectivity index (χ0) is 27.1. The summed E-state index contributed by atoms with van der Waals surface area (Å²) in [5.41, 5.74) is 0.976. The number of likely N-dealkylation sites (tertiary alicyclic amines) is 1. The average molecular weight is 539 g/mol. The number of amides is 2. The maximum Gasteiger partial charge on any atom is 0.311 e. The lowest BCUT2D eigenvalue weighted by molar-refractivity contribution is -0.154. The summed E-state index contributed by atoms with van der Waals surface area (Å²) in [4.78, 5) is 46.0. The second-order valence-electron chi connectivity index (χ2n) is 11.2. The molecule has 204 valence electrons. The number of ether oxygens (including phenoxy) is 1. The Morgan fingerprint density at radius 1 is 1.11 bits per heavy atom.